The van der Waals surface area contributed by atoms with Crippen molar-refractivity contribution in [2.45, 2.75) is 26.3 Å². The van der Waals surface area contributed by atoms with Crippen LogP contribution in [-0.2, 0) is 9.53 Å². The largest absolute Gasteiger partial charge is 0.383 e. The van der Waals surface area contributed by atoms with Crippen LogP contribution in [0.25, 0.3) is 0 Å². The minimum atomic E-state index is 0.0448. The highest BCUT2D eigenvalue weighted by Crippen LogP contribution is 1.91. The zero-order valence-corrected chi connectivity index (χ0v) is 10.7. The highest BCUT2D eigenvalue weighted by atomic mass is 16.5. The maximum Gasteiger partial charge on any atom is 0.234 e. The molecule has 5 nitrogen and oxygen atoms in total. The third-order valence-corrected chi connectivity index (χ3v) is 2.32. The van der Waals surface area contributed by atoms with E-state index in [1.165, 1.54) is 0 Å². The third-order valence-electron chi connectivity index (χ3n) is 2.32. The van der Waals surface area contributed by atoms with Gasteiger partial charge in [-0.15, -0.1) is 0 Å². The van der Waals surface area contributed by atoms with Crippen molar-refractivity contribution in [3.63, 3.8) is 0 Å². The number of hydrogen-bond acceptors (Lipinski definition) is 4. The molecular weight excluding hydrogens is 206 g/mol. The Balaban J connectivity index is 3.81. The second-order valence-corrected chi connectivity index (χ2v) is 3.93. The van der Waals surface area contributed by atoms with Gasteiger partial charge in [0.05, 0.1) is 13.2 Å². The lowest BCUT2D eigenvalue weighted by atomic mass is 10.3. The van der Waals surface area contributed by atoms with Gasteiger partial charge in [0, 0.05) is 13.2 Å². The molecule has 0 saturated carbocycles. The molecule has 0 saturated heterocycles. The summed E-state index contributed by atoms with van der Waals surface area (Å²) in [5.74, 6) is 0.0448. The van der Waals surface area contributed by atoms with Gasteiger partial charge in [-0.25, -0.2) is 0 Å². The Bertz CT molecular complexity index is 188. The predicted molar refractivity (Wildman–Crippen MR) is 65.3 cm³/mol. The van der Waals surface area contributed by atoms with Crippen LogP contribution in [0.3, 0.4) is 0 Å². The Morgan fingerprint density at radius 1 is 1.56 bits per heavy atom. The molecule has 0 aromatic carbocycles. The number of ether oxygens (including phenoxy) is 1. The molecule has 1 unspecified atom stereocenters. The molecule has 0 heterocycles. The van der Waals surface area contributed by atoms with Crippen LogP contribution in [-0.4, -0.2) is 56.7 Å². The van der Waals surface area contributed by atoms with E-state index >= 15 is 0 Å². The van der Waals surface area contributed by atoms with Gasteiger partial charge in [0.2, 0.25) is 5.91 Å². The highest BCUT2D eigenvalue weighted by molar-refractivity contribution is 5.78. The molecule has 0 radical (unpaired) electrons. The van der Waals surface area contributed by atoms with Crippen molar-refractivity contribution in [3.05, 3.63) is 0 Å². The van der Waals surface area contributed by atoms with Crippen molar-refractivity contribution >= 4 is 5.91 Å². The lowest BCUT2D eigenvalue weighted by Crippen LogP contribution is -2.43. The summed E-state index contributed by atoms with van der Waals surface area (Å²) in [7, 11) is 1.63. The minimum Gasteiger partial charge on any atom is -0.383 e. The lowest BCUT2D eigenvalue weighted by Gasteiger charge is -2.21. The van der Waals surface area contributed by atoms with Gasteiger partial charge < -0.3 is 15.8 Å². The molecule has 1 atom stereocenters. The number of nitrogens with two attached hydrogens (primary N) is 1. The second-order valence-electron chi connectivity index (χ2n) is 3.93. The number of likely N-dealkylation sites (N-methyl/N-ethyl adjacent to an activating group) is 1. The molecular formula is C11H25N3O2. The average Bonchev–Trinajstić information content (AvgIpc) is 2.24. The molecule has 0 aliphatic heterocycles. The van der Waals surface area contributed by atoms with E-state index in [1.807, 2.05) is 13.8 Å². The van der Waals surface area contributed by atoms with Crippen LogP contribution in [0.5, 0.6) is 0 Å². The first-order valence-corrected chi connectivity index (χ1v) is 5.84. The number of nitrogens with zero attached hydrogens (tertiary/aromatic N) is 1. The van der Waals surface area contributed by atoms with Crippen molar-refractivity contribution in [2.75, 3.05) is 39.9 Å². The van der Waals surface area contributed by atoms with Gasteiger partial charge in [0.25, 0.3) is 0 Å². The smallest absolute Gasteiger partial charge is 0.234 e. The van der Waals surface area contributed by atoms with Crippen molar-refractivity contribution in [3.8, 4) is 0 Å². The second kappa shape index (κ2) is 9.57. The maximum absolute atomic E-state index is 11.6. The number of nitrogens with one attached hydrogen (secondary N) is 1. The summed E-state index contributed by atoms with van der Waals surface area (Å²) in [6.07, 6.45) is 0.925. The quantitative estimate of drug-likeness (QED) is 0.577. The van der Waals surface area contributed by atoms with E-state index in [2.05, 4.69) is 10.2 Å². The van der Waals surface area contributed by atoms with E-state index in [-0.39, 0.29) is 11.9 Å². The topological polar surface area (TPSA) is 67.6 Å². The average molecular weight is 231 g/mol. The summed E-state index contributed by atoms with van der Waals surface area (Å²) in [5.41, 5.74) is 5.44. The molecule has 0 rings (SSSR count). The van der Waals surface area contributed by atoms with Gasteiger partial charge in [-0.2, -0.15) is 0 Å². The Morgan fingerprint density at radius 3 is 2.75 bits per heavy atom. The normalized spacial score (nSPS) is 12.8. The summed E-state index contributed by atoms with van der Waals surface area (Å²) in [6.45, 7) is 7.36. The molecule has 0 aliphatic rings. The van der Waals surface area contributed by atoms with E-state index in [0.717, 1.165) is 19.5 Å². The maximum atomic E-state index is 11.6. The first-order chi connectivity index (χ1) is 7.63. The monoisotopic (exact) mass is 231 g/mol. The van der Waals surface area contributed by atoms with Gasteiger partial charge in [-0.1, -0.05) is 6.92 Å². The van der Waals surface area contributed by atoms with Crippen LogP contribution in [0.4, 0.5) is 0 Å². The third kappa shape index (κ3) is 7.62. The fourth-order valence-electron chi connectivity index (χ4n) is 1.48. The van der Waals surface area contributed by atoms with E-state index < -0.39 is 0 Å². The van der Waals surface area contributed by atoms with E-state index in [9.17, 15) is 4.79 Å². The number of rotatable bonds is 9. The van der Waals surface area contributed by atoms with Crippen LogP contribution in [0.2, 0.25) is 0 Å². The summed E-state index contributed by atoms with van der Waals surface area (Å²) in [6, 6.07) is 0.0608. The van der Waals surface area contributed by atoms with E-state index in [4.69, 9.17) is 10.5 Å². The first-order valence-electron chi connectivity index (χ1n) is 5.84. The lowest BCUT2D eigenvalue weighted by molar-refractivity contribution is -0.123. The van der Waals surface area contributed by atoms with Gasteiger partial charge in [-0.05, 0) is 33.0 Å². The fourth-order valence-corrected chi connectivity index (χ4v) is 1.48. The molecule has 1 amide bonds. The molecule has 16 heavy (non-hydrogen) atoms. The van der Waals surface area contributed by atoms with Crippen LogP contribution >= 0.6 is 0 Å². The predicted octanol–water partition coefficient (Wildman–Crippen LogP) is -0.192. The Hall–Kier alpha value is -0.650. The van der Waals surface area contributed by atoms with E-state index in [0.29, 0.717) is 19.7 Å². The Morgan fingerprint density at radius 2 is 2.25 bits per heavy atom. The van der Waals surface area contributed by atoms with Crippen LogP contribution in [0, 0.1) is 0 Å². The van der Waals surface area contributed by atoms with Crippen molar-refractivity contribution in [1.82, 2.24) is 10.2 Å². The number of amides is 1. The molecule has 0 spiro atoms. The molecule has 0 aromatic heterocycles. The number of hydrogen-bond donors (Lipinski definition) is 2. The van der Waals surface area contributed by atoms with Gasteiger partial charge >= 0.3 is 0 Å². The Labute approximate surface area is 98.3 Å². The first kappa shape index (κ1) is 15.3. The van der Waals surface area contributed by atoms with Gasteiger partial charge in [-0.3, -0.25) is 9.69 Å². The van der Waals surface area contributed by atoms with Crippen LogP contribution < -0.4 is 11.1 Å². The zero-order valence-electron chi connectivity index (χ0n) is 10.7. The van der Waals surface area contributed by atoms with Crippen molar-refractivity contribution < 1.29 is 9.53 Å². The fraction of sp³-hybridized carbons (Fsp3) is 0.909. The summed E-state index contributed by atoms with van der Waals surface area (Å²) in [4.78, 5) is 13.7. The van der Waals surface area contributed by atoms with Crippen molar-refractivity contribution in [1.29, 1.82) is 0 Å². The summed E-state index contributed by atoms with van der Waals surface area (Å²) < 4.78 is 4.96. The van der Waals surface area contributed by atoms with Gasteiger partial charge in [0.15, 0.2) is 0 Å². The molecule has 5 heteroatoms. The highest BCUT2D eigenvalue weighted by Gasteiger charge is 2.10. The van der Waals surface area contributed by atoms with E-state index in [1.54, 1.807) is 7.11 Å². The molecule has 0 aromatic rings. The molecule has 96 valence electrons. The Kier molecular flexibility index (Phi) is 9.18. The van der Waals surface area contributed by atoms with Crippen molar-refractivity contribution in [2.24, 2.45) is 5.73 Å². The molecule has 0 fully saturated rings. The van der Waals surface area contributed by atoms with Gasteiger partial charge in [0.1, 0.15) is 0 Å². The zero-order chi connectivity index (χ0) is 12.4. The molecule has 3 N–H and O–H groups in total. The number of methoxy groups -OCH3 is 1. The molecule has 0 aliphatic carbocycles. The summed E-state index contributed by atoms with van der Waals surface area (Å²) in [5, 5.41) is 2.89. The van der Waals surface area contributed by atoms with Crippen LogP contribution in [0.15, 0.2) is 0 Å². The van der Waals surface area contributed by atoms with Crippen LogP contribution in [0.1, 0.15) is 20.3 Å². The standard InChI is InChI=1S/C11H25N3O2/c1-4-14(7-5-6-12)8-11(15)13-10(2)9-16-3/h10H,4-9,12H2,1-3H3,(H,13,15). The summed E-state index contributed by atoms with van der Waals surface area (Å²) >= 11 is 0. The number of carbonyl (C=O) groups excluding carboxylic acids is 1. The number of carbonyl (C=O) groups is 1. The molecule has 0 bridgehead atoms. The minimum absolute atomic E-state index is 0.0448. The SMILES string of the molecule is CCN(CCCN)CC(=O)NC(C)COC.